The molecule has 0 unspecified atom stereocenters. The first kappa shape index (κ1) is 7.56. The van der Waals surface area contributed by atoms with Gasteiger partial charge in [0, 0.05) is 0 Å². The first-order valence-electron chi connectivity index (χ1n) is 4.30. The van der Waals surface area contributed by atoms with Gasteiger partial charge in [0.2, 0.25) is 0 Å². The van der Waals surface area contributed by atoms with E-state index in [1.807, 2.05) is 12.1 Å². The zero-order valence-corrected chi connectivity index (χ0v) is 6.96. The second kappa shape index (κ2) is 3.11. The van der Waals surface area contributed by atoms with Crippen LogP contribution in [-0.4, -0.2) is 11.7 Å². The molecule has 1 heteroatoms. The fourth-order valence-corrected chi connectivity index (χ4v) is 1.70. The highest BCUT2D eigenvalue weighted by atomic mass is 16.3. The molecule has 0 fully saturated rings. The van der Waals surface area contributed by atoms with Gasteiger partial charge >= 0.3 is 0 Å². The summed E-state index contributed by atoms with van der Waals surface area (Å²) in [6.07, 6.45) is 4.30. The van der Waals surface area contributed by atoms with Gasteiger partial charge < -0.3 is 5.11 Å². The van der Waals surface area contributed by atoms with E-state index in [0.717, 1.165) is 12.8 Å². The lowest BCUT2D eigenvalue weighted by molar-refractivity contribution is 0.345. The van der Waals surface area contributed by atoms with E-state index in [-0.39, 0.29) is 6.61 Å². The molecule has 0 atom stereocenters. The van der Waals surface area contributed by atoms with E-state index in [1.165, 1.54) is 16.0 Å². The summed E-state index contributed by atoms with van der Waals surface area (Å²) in [5, 5.41) is 11.6. The van der Waals surface area contributed by atoms with Crippen LogP contribution < -0.4 is 10.4 Å². The molecule has 0 heterocycles. The van der Waals surface area contributed by atoms with Crippen molar-refractivity contribution in [1.82, 2.24) is 0 Å². The summed E-state index contributed by atoms with van der Waals surface area (Å²) in [6.45, 7) is 0.199. The summed E-state index contributed by atoms with van der Waals surface area (Å²) in [4.78, 5) is 0. The van der Waals surface area contributed by atoms with Crippen molar-refractivity contribution in [1.29, 1.82) is 0 Å². The lowest BCUT2D eigenvalue weighted by atomic mass is 10.0. The summed E-state index contributed by atoms with van der Waals surface area (Å²) in [6, 6.07) is 8.24. The number of fused-ring (bicyclic) bond motifs is 1. The maximum absolute atomic E-state index is 9.09. The first-order chi connectivity index (χ1) is 5.92. The maximum Gasteiger partial charge on any atom is 0.0650 e. The van der Waals surface area contributed by atoms with Crippen LogP contribution >= 0.6 is 0 Å². The third-order valence-corrected chi connectivity index (χ3v) is 2.34. The van der Waals surface area contributed by atoms with E-state index >= 15 is 0 Å². The van der Waals surface area contributed by atoms with Gasteiger partial charge in [-0.05, 0) is 28.9 Å². The number of rotatable bonds is 1. The Morgan fingerprint density at radius 1 is 1.25 bits per heavy atom. The van der Waals surface area contributed by atoms with Crippen molar-refractivity contribution in [3.63, 3.8) is 0 Å². The molecule has 1 N–H and O–H groups in total. The Labute approximate surface area is 71.7 Å². The first-order valence-corrected chi connectivity index (χ1v) is 4.30. The molecule has 2 rings (SSSR count). The number of hydrogen-bond donors (Lipinski definition) is 1. The van der Waals surface area contributed by atoms with E-state index < -0.39 is 0 Å². The lowest BCUT2D eigenvalue weighted by Crippen LogP contribution is -2.29. The smallest absolute Gasteiger partial charge is 0.0650 e. The van der Waals surface area contributed by atoms with Crippen LogP contribution in [0.15, 0.2) is 24.3 Å². The lowest BCUT2D eigenvalue weighted by Gasteiger charge is -2.07. The van der Waals surface area contributed by atoms with Gasteiger partial charge in [0.1, 0.15) is 0 Å². The maximum atomic E-state index is 9.09. The average molecular weight is 160 g/mol. The summed E-state index contributed by atoms with van der Waals surface area (Å²) < 4.78 is 0. The van der Waals surface area contributed by atoms with E-state index in [2.05, 4.69) is 18.2 Å². The number of hydrogen-bond acceptors (Lipinski definition) is 1. The van der Waals surface area contributed by atoms with Crippen LogP contribution in [0.2, 0.25) is 0 Å². The number of aliphatic hydroxyl groups excluding tert-OH is 1. The minimum Gasteiger partial charge on any atom is -0.392 e. The Balaban J connectivity index is 2.78. The highest BCUT2D eigenvalue weighted by molar-refractivity contribution is 5.51. The highest BCUT2D eigenvalue weighted by Gasteiger charge is 2.01. The minimum atomic E-state index is 0.199. The fourth-order valence-electron chi connectivity index (χ4n) is 1.70. The van der Waals surface area contributed by atoms with Gasteiger partial charge in [-0.25, -0.2) is 0 Å². The molecule has 0 spiro atoms. The Hall–Kier alpha value is -1.08. The third-order valence-electron chi connectivity index (χ3n) is 2.34. The topological polar surface area (TPSA) is 20.2 Å². The summed E-state index contributed by atoms with van der Waals surface area (Å²) >= 11 is 0. The van der Waals surface area contributed by atoms with E-state index in [4.69, 9.17) is 5.11 Å². The third kappa shape index (κ3) is 1.16. The molecule has 1 aromatic rings. The highest BCUT2D eigenvalue weighted by Crippen LogP contribution is 2.05. The van der Waals surface area contributed by atoms with Gasteiger partial charge in [0.15, 0.2) is 0 Å². The predicted molar refractivity (Wildman–Crippen MR) is 49.9 cm³/mol. The predicted octanol–water partition coefficient (Wildman–Crippen LogP) is 0.404. The second-order valence-electron chi connectivity index (χ2n) is 3.09. The zero-order chi connectivity index (χ0) is 8.39. The van der Waals surface area contributed by atoms with Crippen LogP contribution in [0.1, 0.15) is 12.8 Å². The molecule has 1 aliphatic carbocycles. The monoisotopic (exact) mass is 160 g/mol. The molecule has 12 heavy (non-hydrogen) atoms. The minimum absolute atomic E-state index is 0.199. The van der Waals surface area contributed by atoms with Gasteiger partial charge in [-0.3, -0.25) is 0 Å². The fraction of sp³-hybridized carbons (Fsp3) is 0.273. The van der Waals surface area contributed by atoms with Crippen molar-refractivity contribution in [2.75, 3.05) is 6.61 Å². The quantitative estimate of drug-likeness (QED) is 0.630. The van der Waals surface area contributed by atoms with Crippen LogP contribution in [0.5, 0.6) is 0 Å². The van der Waals surface area contributed by atoms with Crippen molar-refractivity contribution >= 4 is 11.6 Å². The van der Waals surface area contributed by atoms with Gasteiger partial charge in [-0.2, -0.15) is 0 Å². The van der Waals surface area contributed by atoms with Crippen LogP contribution in [-0.2, 0) is 0 Å². The zero-order valence-electron chi connectivity index (χ0n) is 6.96. The number of benzene rings is 1. The average Bonchev–Trinajstić information content (AvgIpc) is 2.17. The molecule has 0 amide bonds. The van der Waals surface area contributed by atoms with Gasteiger partial charge in [-0.1, -0.05) is 30.3 Å². The van der Waals surface area contributed by atoms with Crippen LogP contribution in [0.25, 0.3) is 11.6 Å². The molecule has 0 saturated carbocycles. The van der Waals surface area contributed by atoms with Crippen molar-refractivity contribution in [2.45, 2.75) is 12.8 Å². The van der Waals surface area contributed by atoms with E-state index in [9.17, 15) is 0 Å². The Kier molecular flexibility index (Phi) is 1.96. The Morgan fingerprint density at radius 2 is 2.08 bits per heavy atom. The van der Waals surface area contributed by atoms with Gasteiger partial charge in [-0.15, -0.1) is 0 Å². The molecule has 0 radical (unpaired) electrons. The molecule has 0 saturated heterocycles. The van der Waals surface area contributed by atoms with Crippen LogP contribution in [0.4, 0.5) is 0 Å². The van der Waals surface area contributed by atoms with Crippen molar-refractivity contribution < 1.29 is 5.11 Å². The summed E-state index contributed by atoms with van der Waals surface area (Å²) in [5.41, 5.74) is 1.17. The van der Waals surface area contributed by atoms with Crippen molar-refractivity contribution in [3.8, 4) is 0 Å². The SMILES string of the molecule is OCC1=c2ccccc2=CCC1. The largest absolute Gasteiger partial charge is 0.392 e. The summed E-state index contributed by atoms with van der Waals surface area (Å²) in [5.74, 6) is 0. The normalized spacial score (nSPS) is 15.2. The van der Waals surface area contributed by atoms with Crippen molar-refractivity contribution in [2.24, 2.45) is 0 Å². The van der Waals surface area contributed by atoms with Crippen LogP contribution in [0, 0.1) is 0 Å². The second-order valence-corrected chi connectivity index (χ2v) is 3.09. The summed E-state index contributed by atoms with van der Waals surface area (Å²) in [7, 11) is 0. The van der Waals surface area contributed by atoms with Gasteiger partial charge in [0.05, 0.1) is 6.61 Å². The molecular weight excluding hydrogens is 148 g/mol. The molecule has 1 aliphatic rings. The standard InChI is InChI=1S/C11H12O/c12-8-10-6-3-5-9-4-1-2-7-11(9)10/h1-2,4-5,7,12H,3,6,8H2. The Bertz CT molecular complexity index is 390. The van der Waals surface area contributed by atoms with E-state index in [0.29, 0.717) is 0 Å². The van der Waals surface area contributed by atoms with E-state index in [1.54, 1.807) is 0 Å². The molecule has 1 nitrogen and oxygen atoms in total. The van der Waals surface area contributed by atoms with Crippen LogP contribution in [0.3, 0.4) is 0 Å². The number of aliphatic hydroxyl groups is 1. The molecule has 0 aliphatic heterocycles. The molecule has 1 aromatic carbocycles. The molecule has 0 aromatic heterocycles. The van der Waals surface area contributed by atoms with Gasteiger partial charge in [0.25, 0.3) is 0 Å². The Morgan fingerprint density at radius 3 is 2.92 bits per heavy atom. The van der Waals surface area contributed by atoms with Crippen molar-refractivity contribution in [3.05, 3.63) is 34.7 Å². The molecular formula is C11H12O. The molecule has 0 bridgehead atoms. The molecule has 62 valence electrons.